The molecule has 0 aliphatic heterocycles. The first-order chi connectivity index (χ1) is 4.66. The van der Waals surface area contributed by atoms with Crippen LogP contribution in [-0.2, 0) is 0 Å². The Morgan fingerprint density at radius 3 is 2.70 bits per heavy atom. The van der Waals surface area contributed by atoms with Gasteiger partial charge in [0.05, 0.1) is 0 Å². The van der Waals surface area contributed by atoms with E-state index < -0.39 is 11.1 Å². The summed E-state index contributed by atoms with van der Waals surface area (Å²) in [6.07, 6.45) is 0.755. The predicted molar refractivity (Wildman–Crippen MR) is 33.8 cm³/mol. The molecule has 0 unspecified atom stereocenters. The van der Waals surface area contributed by atoms with Crippen molar-refractivity contribution < 1.29 is 9.83 Å². The normalized spacial score (nSPS) is 8.50. The molecule has 2 N–H and O–H groups in total. The van der Waals surface area contributed by atoms with Crippen molar-refractivity contribution in [2.24, 2.45) is 0 Å². The average molecular weight is 147 g/mol. The van der Waals surface area contributed by atoms with Gasteiger partial charge in [-0.25, -0.2) is 14.9 Å². The summed E-state index contributed by atoms with van der Waals surface area (Å²) in [4.78, 5) is 20.0. The van der Waals surface area contributed by atoms with Crippen LogP contribution in [0.2, 0.25) is 0 Å². The fourth-order valence-electron chi connectivity index (χ4n) is 0.361. The first-order valence-corrected chi connectivity index (χ1v) is 2.85. The van der Waals surface area contributed by atoms with Gasteiger partial charge in [0, 0.05) is 6.54 Å². The first-order valence-electron chi connectivity index (χ1n) is 2.85. The molecule has 0 aliphatic carbocycles. The number of hydrogen-bond donors (Lipinski definition) is 2. The van der Waals surface area contributed by atoms with Crippen molar-refractivity contribution in [1.82, 2.24) is 10.7 Å². The van der Waals surface area contributed by atoms with Crippen molar-refractivity contribution in [3.63, 3.8) is 0 Å². The highest BCUT2D eigenvalue weighted by Gasteiger charge is 2.03. The number of carbonyl (C=O) groups is 1. The number of hydrazine groups is 1. The highest BCUT2D eigenvalue weighted by Crippen LogP contribution is 1.70. The molecular formula is C4H9N3O3. The van der Waals surface area contributed by atoms with Gasteiger partial charge < -0.3 is 5.32 Å². The minimum Gasteiger partial charge on any atom is -0.334 e. The maximum Gasteiger partial charge on any atom is 0.372 e. The van der Waals surface area contributed by atoms with Gasteiger partial charge in [-0.05, 0) is 6.42 Å². The van der Waals surface area contributed by atoms with E-state index in [2.05, 4.69) is 5.32 Å². The van der Waals surface area contributed by atoms with Crippen LogP contribution in [0.1, 0.15) is 13.3 Å². The van der Waals surface area contributed by atoms with E-state index in [4.69, 9.17) is 0 Å². The molecule has 0 aromatic carbocycles. The molecule has 0 rings (SSSR count). The van der Waals surface area contributed by atoms with Crippen LogP contribution in [0.3, 0.4) is 0 Å². The molecule has 10 heavy (non-hydrogen) atoms. The van der Waals surface area contributed by atoms with Gasteiger partial charge in [0.1, 0.15) is 0 Å². The van der Waals surface area contributed by atoms with Crippen LogP contribution >= 0.6 is 0 Å². The van der Waals surface area contributed by atoms with Gasteiger partial charge in [-0.1, -0.05) is 12.3 Å². The smallest absolute Gasteiger partial charge is 0.334 e. The lowest BCUT2D eigenvalue weighted by atomic mass is 10.5. The highest BCUT2D eigenvalue weighted by molar-refractivity contribution is 5.72. The van der Waals surface area contributed by atoms with Crippen LogP contribution in [0.5, 0.6) is 0 Å². The molecule has 0 aliphatic rings. The van der Waals surface area contributed by atoms with Gasteiger partial charge in [0.25, 0.3) is 0 Å². The summed E-state index contributed by atoms with van der Waals surface area (Å²) in [5, 5.41) is 11.0. The molecule has 2 amide bonds. The fraction of sp³-hybridized carbons (Fsp3) is 0.750. The Bertz CT molecular complexity index is 136. The molecular weight excluding hydrogens is 138 g/mol. The largest absolute Gasteiger partial charge is 0.372 e. The monoisotopic (exact) mass is 147 g/mol. The second-order valence-corrected chi connectivity index (χ2v) is 1.62. The number of hydrogen-bond acceptors (Lipinski definition) is 3. The number of nitrogens with zero attached hydrogens (tertiary/aromatic N) is 1. The lowest BCUT2D eigenvalue weighted by Gasteiger charge is -1.97. The number of urea groups is 1. The van der Waals surface area contributed by atoms with E-state index in [1.54, 1.807) is 0 Å². The summed E-state index contributed by atoms with van der Waals surface area (Å²) in [7, 11) is 0. The first kappa shape index (κ1) is 8.67. The lowest BCUT2D eigenvalue weighted by molar-refractivity contribution is -0.527. The SMILES string of the molecule is CCCNC(=O)N[N+](=O)[O-]. The second kappa shape index (κ2) is 4.54. The van der Waals surface area contributed by atoms with Crippen LogP contribution in [-0.4, -0.2) is 17.6 Å². The maximum absolute atomic E-state index is 10.3. The number of nitro groups is 1. The third-order valence-corrected chi connectivity index (χ3v) is 0.728. The topological polar surface area (TPSA) is 84.3 Å². The zero-order valence-electron chi connectivity index (χ0n) is 5.59. The molecule has 0 radical (unpaired) electrons. The molecule has 0 spiro atoms. The molecule has 0 saturated carbocycles. The van der Waals surface area contributed by atoms with Crippen molar-refractivity contribution in [3.8, 4) is 0 Å². The van der Waals surface area contributed by atoms with Crippen LogP contribution in [0, 0.1) is 10.1 Å². The van der Waals surface area contributed by atoms with Crippen LogP contribution in [0.25, 0.3) is 0 Å². The van der Waals surface area contributed by atoms with Crippen molar-refractivity contribution in [3.05, 3.63) is 10.1 Å². The van der Waals surface area contributed by atoms with E-state index >= 15 is 0 Å². The fourth-order valence-corrected chi connectivity index (χ4v) is 0.361. The van der Waals surface area contributed by atoms with Gasteiger partial charge in [-0.2, -0.15) is 0 Å². The molecule has 0 heterocycles. The Hall–Kier alpha value is -1.33. The van der Waals surface area contributed by atoms with Crippen molar-refractivity contribution >= 4 is 6.03 Å². The molecule has 0 fully saturated rings. The van der Waals surface area contributed by atoms with Gasteiger partial charge in [0.2, 0.25) is 0 Å². The molecule has 6 heteroatoms. The van der Waals surface area contributed by atoms with Gasteiger partial charge in [-0.15, -0.1) is 0 Å². The molecule has 58 valence electrons. The zero-order valence-corrected chi connectivity index (χ0v) is 5.59. The Kier molecular flexibility index (Phi) is 3.94. The van der Waals surface area contributed by atoms with E-state index in [1.807, 2.05) is 6.92 Å². The number of rotatable bonds is 3. The lowest BCUT2D eigenvalue weighted by Crippen LogP contribution is -2.39. The van der Waals surface area contributed by atoms with Gasteiger partial charge in [-0.3, -0.25) is 0 Å². The third kappa shape index (κ3) is 4.82. The molecule has 0 atom stereocenters. The molecule has 0 aromatic rings. The second-order valence-electron chi connectivity index (χ2n) is 1.62. The maximum atomic E-state index is 10.3. The van der Waals surface area contributed by atoms with E-state index in [0.717, 1.165) is 6.42 Å². The summed E-state index contributed by atoms with van der Waals surface area (Å²) in [6, 6.07) is -0.771. The average Bonchev–Trinajstić information content (AvgIpc) is 1.82. The number of nitrogens with one attached hydrogen (secondary N) is 2. The summed E-state index contributed by atoms with van der Waals surface area (Å²) < 4.78 is 0. The van der Waals surface area contributed by atoms with Crippen molar-refractivity contribution in [1.29, 1.82) is 0 Å². The van der Waals surface area contributed by atoms with Gasteiger partial charge in [0.15, 0.2) is 5.03 Å². The van der Waals surface area contributed by atoms with E-state index in [1.165, 1.54) is 5.43 Å². The van der Waals surface area contributed by atoms with E-state index in [0.29, 0.717) is 6.54 Å². The van der Waals surface area contributed by atoms with Crippen LogP contribution < -0.4 is 10.7 Å². The van der Waals surface area contributed by atoms with Gasteiger partial charge >= 0.3 is 6.03 Å². The standard InChI is InChI=1S/C4H9N3O3/c1-2-3-5-4(8)6-7(9)10/h2-3H2,1H3,(H2,5,6,8). The van der Waals surface area contributed by atoms with E-state index in [-0.39, 0.29) is 0 Å². The summed E-state index contributed by atoms with van der Waals surface area (Å²) in [5.74, 6) is 0. The highest BCUT2D eigenvalue weighted by atomic mass is 16.7. The predicted octanol–water partition coefficient (Wildman–Crippen LogP) is -0.113. The Balaban J connectivity index is 3.35. The zero-order chi connectivity index (χ0) is 7.98. The Morgan fingerprint density at radius 1 is 1.70 bits per heavy atom. The Labute approximate surface area is 57.7 Å². The molecule has 0 aromatic heterocycles. The third-order valence-electron chi connectivity index (χ3n) is 0.728. The quantitative estimate of drug-likeness (QED) is 0.431. The summed E-state index contributed by atoms with van der Waals surface area (Å²) in [5.41, 5.74) is 1.45. The Morgan fingerprint density at radius 2 is 2.30 bits per heavy atom. The minimum absolute atomic E-state index is 0.444. The number of carbonyl (C=O) groups excluding carboxylic acids is 1. The molecule has 6 nitrogen and oxygen atoms in total. The van der Waals surface area contributed by atoms with Crippen molar-refractivity contribution in [2.45, 2.75) is 13.3 Å². The molecule has 0 bridgehead atoms. The minimum atomic E-state index is -0.898. The van der Waals surface area contributed by atoms with E-state index in [9.17, 15) is 14.9 Å². The molecule has 0 saturated heterocycles. The van der Waals surface area contributed by atoms with Crippen LogP contribution in [0.15, 0.2) is 0 Å². The van der Waals surface area contributed by atoms with Crippen molar-refractivity contribution in [2.75, 3.05) is 6.54 Å². The van der Waals surface area contributed by atoms with Crippen LogP contribution in [0.4, 0.5) is 4.79 Å². The summed E-state index contributed by atoms with van der Waals surface area (Å²) >= 11 is 0. The summed E-state index contributed by atoms with van der Waals surface area (Å²) in [6.45, 7) is 2.30. The number of amides is 2.